The van der Waals surface area contributed by atoms with Gasteiger partial charge in [-0.1, -0.05) is 17.7 Å². The number of pyridine rings is 1. The van der Waals surface area contributed by atoms with Gasteiger partial charge in [-0.3, -0.25) is 4.98 Å². The van der Waals surface area contributed by atoms with Gasteiger partial charge in [0.05, 0.1) is 16.8 Å². The predicted molar refractivity (Wildman–Crippen MR) is 101 cm³/mol. The molecule has 0 spiro atoms. The van der Waals surface area contributed by atoms with E-state index in [-0.39, 0.29) is 12.1 Å². The number of halogens is 1. The number of carbonyl (C=O) groups excluding carboxylic acids is 1. The minimum atomic E-state index is -0.139. The molecule has 26 heavy (non-hydrogen) atoms. The fourth-order valence-electron chi connectivity index (χ4n) is 3.38. The number of anilines is 1. The summed E-state index contributed by atoms with van der Waals surface area (Å²) in [6.45, 7) is 0.719. The van der Waals surface area contributed by atoms with Crippen molar-refractivity contribution in [3.63, 3.8) is 0 Å². The molecule has 2 amide bonds. The highest BCUT2D eigenvalue weighted by Gasteiger charge is 2.30. The zero-order valence-corrected chi connectivity index (χ0v) is 14.8. The third kappa shape index (κ3) is 3.15. The lowest BCUT2D eigenvalue weighted by atomic mass is 10.1. The number of para-hydroxylation sites is 1. The Kier molecular flexibility index (Phi) is 4.58. The van der Waals surface area contributed by atoms with Gasteiger partial charge in [0.25, 0.3) is 0 Å². The van der Waals surface area contributed by atoms with E-state index in [4.69, 9.17) is 11.6 Å². The minimum absolute atomic E-state index is 0.0605. The maximum absolute atomic E-state index is 13.0. The van der Waals surface area contributed by atoms with E-state index < -0.39 is 0 Å². The van der Waals surface area contributed by atoms with Gasteiger partial charge in [0.1, 0.15) is 5.69 Å². The number of likely N-dealkylation sites (tertiary alicyclic amines) is 1. The average molecular weight is 368 g/mol. The fraction of sp³-hybridized carbons (Fsp3) is 0.211. The molecule has 0 saturated carbocycles. The Hall–Kier alpha value is -2.86. The monoisotopic (exact) mass is 367 g/mol. The second kappa shape index (κ2) is 7.17. The summed E-state index contributed by atoms with van der Waals surface area (Å²) in [4.78, 5) is 18.9. The van der Waals surface area contributed by atoms with Crippen LogP contribution >= 0.6 is 11.6 Å². The molecule has 1 fully saturated rings. The molecule has 6 nitrogen and oxygen atoms in total. The van der Waals surface area contributed by atoms with E-state index in [1.54, 1.807) is 35.5 Å². The normalized spacial score (nSPS) is 16.7. The first kappa shape index (κ1) is 16.6. The highest BCUT2D eigenvalue weighted by molar-refractivity contribution is 6.33. The van der Waals surface area contributed by atoms with E-state index in [1.807, 2.05) is 35.2 Å². The Morgan fingerprint density at radius 3 is 2.77 bits per heavy atom. The van der Waals surface area contributed by atoms with Gasteiger partial charge in [0, 0.05) is 31.3 Å². The molecule has 7 heteroatoms. The first-order valence-electron chi connectivity index (χ1n) is 8.50. The molecule has 2 aromatic heterocycles. The van der Waals surface area contributed by atoms with Crippen molar-refractivity contribution >= 4 is 23.3 Å². The van der Waals surface area contributed by atoms with Crippen LogP contribution in [0, 0.1) is 0 Å². The van der Waals surface area contributed by atoms with Crippen LogP contribution < -0.4 is 5.32 Å². The van der Waals surface area contributed by atoms with Gasteiger partial charge in [0.15, 0.2) is 0 Å². The molecule has 132 valence electrons. The smallest absolute Gasteiger partial charge is 0.317 e. The largest absolute Gasteiger partial charge is 0.322 e. The van der Waals surface area contributed by atoms with E-state index in [9.17, 15) is 4.79 Å². The van der Waals surface area contributed by atoms with Crippen LogP contribution in [0.5, 0.6) is 0 Å². The van der Waals surface area contributed by atoms with Crippen LogP contribution in [0.15, 0.2) is 61.2 Å². The third-order valence-corrected chi connectivity index (χ3v) is 4.87. The summed E-state index contributed by atoms with van der Waals surface area (Å²) in [6.07, 6.45) is 8.91. The zero-order valence-electron chi connectivity index (χ0n) is 14.0. The molecule has 1 aromatic carbocycles. The molecule has 0 aliphatic carbocycles. The second-order valence-electron chi connectivity index (χ2n) is 6.15. The molecule has 1 saturated heterocycles. The van der Waals surface area contributed by atoms with Crippen LogP contribution in [0.3, 0.4) is 0 Å². The quantitative estimate of drug-likeness (QED) is 0.751. The molecule has 1 atom stereocenters. The molecule has 0 unspecified atom stereocenters. The minimum Gasteiger partial charge on any atom is -0.317 e. The number of nitrogens with zero attached hydrogens (tertiary/aromatic N) is 4. The Balaban J connectivity index is 1.60. The van der Waals surface area contributed by atoms with Crippen LogP contribution in [0.4, 0.5) is 10.5 Å². The van der Waals surface area contributed by atoms with Crippen LogP contribution in [0.25, 0.3) is 5.69 Å². The molecule has 0 radical (unpaired) electrons. The molecule has 1 aliphatic heterocycles. The number of carbonyl (C=O) groups is 1. The van der Waals surface area contributed by atoms with Gasteiger partial charge in [-0.2, -0.15) is 5.10 Å². The molecule has 1 N–H and O–H groups in total. The second-order valence-corrected chi connectivity index (χ2v) is 6.56. The summed E-state index contributed by atoms with van der Waals surface area (Å²) >= 11 is 6.36. The maximum atomic E-state index is 13.0. The van der Waals surface area contributed by atoms with Crippen molar-refractivity contribution in [1.82, 2.24) is 19.7 Å². The lowest BCUT2D eigenvalue weighted by Crippen LogP contribution is -2.34. The van der Waals surface area contributed by atoms with Crippen LogP contribution in [-0.2, 0) is 0 Å². The van der Waals surface area contributed by atoms with Gasteiger partial charge in [-0.05, 0) is 48.7 Å². The van der Waals surface area contributed by atoms with Gasteiger partial charge in [-0.15, -0.1) is 0 Å². The first-order chi connectivity index (χ1) is 12.7. The Labute approximate surface area is 156 Å². The molecule has 4 rings (SSSR count). The summed E-state index contributed by atoms with van der Waals surface area (Å²) < 4.78 is 1.66. The van der Waals surface area contributed by atoms with E-state index in [0.29, 0.717) is 16.4 Å². The maximum Gasteiger partial charge on any atom is 0.322 e. The van der Waals surface area contributed by atoms with E-state index in [2.05, 4.69) is 15.4 Å². The van der Waals surface area contributed by atoms with Crippen molar-refractivity contribution < 1.29 is 4.79 Å². The van der Waals surface area contributed by atoms with E-state index >= 15 is 0 Å². The fourth-order valence-corrected chi connectivity index (χ4v) is 3.64. The predicted octanol–water partition coefficient (Wildman–Crippen LogP) is 4.29. The Bertz CT molecular complexity index is 898. The van der Waals surface area contributed by atoms with Crippen molar-refractivity contribution in [2.24, 2.45) is 0 Å². The number of aromatic nitrogens is 3. The van der Waals surface area contributed by atoms with Crippen molar-refractivity contribution in [3.05, 3.63) is 71.8 Å². The van der Waals surface area contributed by atoms with Crippen LogP contribution in [-0.4, -0.2) is 32.2 Å². The zero-order chi connectivity index (χ0) is 17.9. The van der Waals surface area contributed by atoms with Crippen molar-refractivity contribution in [2.45, 2.75) is 18.9 Å². The third-order valence-electron chi connectivity index (χ3n) is 4.57. The van der Waals surface area contributed by atoms with Crippen molar-refractivity contribution in [1.29, 1.82) is 0 Å². The van der Waals surface area contributed by atoms with Gasteiger partial charge >= 0.3 is 6.03 Å². The standard InChI is InChI=1S/C19H18ClN5O/c20-15-4-1-5-16(18(15)25-13-3-9-22-25)23-19(26)24-12-2-6-17(24)14-7-10-21-11-8-14/h1,3-5,7-11,13,17H,2,6,12H2,(H,23,26)/t17-/m0/s1. The lowest BCUT2D eigenvalue weighted by Gasteiger charge is -2.26. The van der Waals surface area contributed by atoms with Gasteiger partial charge < -0.3 is 10.2 Å². The number of benzene rings is 1. The molecule has 3 heterocycles. The summed E-state index contributed by atoms with van der Waals surface area (Å²) in [5.74, 6) is 0. The highest BCUT2D eigenvalue weighted by Crippen LogP contribution is 2.33. The van der Waals surface area contributed by atoms with Crippen molar-refractivity contribution in [2.75, 3.05) is 11.9 Å². The average Bonchev–Trinajstić information content (AvgIpc) is 3.34. The van der Waals surface area contributed by atoms with Gasteiger partial charge in [0.2, 0.25) is 0 Å². The van der Waals surface area contributed by atoms with E-state index in [1.165, 1.54) is 0 Å². The van der Waals surface area contributed by atoms with Crippen LogP contribution in [0.2, 0.25) is 5.02 Å². The van der Waals surface area contributed by atoms with Gasteiger partial charge in [-0.25, -0.2) is 9.48 Å². The SMILES string of the molecule is O=C(Nc1cccc(Cl)c1-n1cccn1)N1CCC[C@H]1c1ccncc1. The number of hydrogen-bond donors (Lipinski definition) is 1. The first-order valence-corrected chi connectivity index (χ1v) is 8.88. The molecule has 0 bridgehead atoms. The van der Waals surface area contributed by atoms with E-state index in [0.717, 1.165) is 24.9 Å². The highest BCUT2D eigenvalue weighted by atomic mass is 35.5. The number of urea groups is 1. The number of amides is 2. The van der Waals surface area contributed by atoms with Crippen LogP contribution in [0.1, 0.15) is 24.4 Å². The lowest BCUT2D eigenvalue weighted by molar-refractivity contribution is 0.207. The topological polar surface area (TPSA) is 63.1 Å². The summed E-state index contributed by atoms with van der Waals surface area (Å²) in [6, 6.07) is 11.1. The molecular formula is C19H18ClN5O. The summed E-state index contributed by atoms with van der Waals surface area (Å²) in [5.41, 5.74) is 2.39. The number of nitrogens with one attached hydrogen (secondary N) is 1. The molecule has 1 aliphatic rings. The Morgan fingerprint density at radius 2 is 2.00 bits per heavy atom. The molecular weight excluding hydrogens is 350 g/mol. The van der Waals surface area contributed by atoms with Crippen molar-refractivity contribution in [3.8, 4) is 5.69 Å². The number of hydrogen-bond acceptors (Lipinski definition) is 3. The Morgan fingerprint density at radius 1 is 1.15 bits per heavy atom. The molecule has 3 aromatic rings. The summed E-state index contributed by atoms with van der Waals surface area (Å²) in [7, 11) is 0. The summed E-state index contributed by atoms with van der Waals surface area (Å²) in [5, 5.41) is 7.77. The number of rotatable bonds is 3.